The SMILES string of the molecule is Cc1ccc(C)c(N2CC=C[C@]34S[C@@H]5C=CCN(c6ccccc6)C(=O)[C@@H]5[C@H]3C(=O)N(CCCCCCO)C4C2=O)c1. The first kappa shape index (κ1) is 28.7. The number of thioether (sulfide) groups is 1. The summed E-state index contributed by atoms with van der Waals surface area (Å²) in [5.41, 5.74) is 3.76. The standard InChI is InChI=1S/C34H39N3O4S/c1-23-15-16-24(2)26(22-23)36-20-11-17-34-29(32(40)37(30(34)33(36)41)18-8-3-4-9-21-38)28-27(42-34)14-10-19-35(31(28)39)25-12-6-5-7-13-25/h5-7,10-17,22,27-30,38H,3-4,8-9,18-21H2,1-2H3/t27-,28+,29+,30?,34+/m1/s1. The Bertz CT molecular complexity index is 1430. The third-order valence-corrected chi connectivity index (χ3v) is 10.9. The molecule has 4 aliphatic heterocycles. The molecule has 4 heterocycles. The zero-order valence-corrected chi connectivity index (χ0v) is 25.1. The van der Waals surface area contributed by atoms with Crippen LogP contribution in [0.5, 0.6) is 0 Å². The Morgan fingerprint density at radius 3 is 2.43 bits per heavy atom. The molecule has 0 saturated carbocycles. The van der Waals surface area contributed by atoms with E-state index in [1.807, 2.05) is 79.4 Å². The van der Waals surface area contributed by atoms with E-state index in [4.69, 9.17) is 0 Å². The molecule has 3 amide bonds. The van der Waals surface area contributed by atoms with Gasteiger partial charge in [0.1, 0.15) is 6.04 Å². The number of likely N-dealkylation sites (tertiary alicyclic amines) is 1. The van der Waals surface area contributed by atoms with E-state index in [0.29, 0.717) is 19.6 Å². The maximum atomic E-state index is 14.7. The highest BCUT2D eigenvalue weighted by atomic mass is 32.2. The van der Waals surface area contributed by atoms with Gasteiger partial charge in [-0.05, 0) is 56.0 Å². The van der Waals surface area contributed by atoms with E-state index in [1.54, 1.807) is 21.6 Å². The van der Waals surface area contributed by atoms with E-state index < -0.39 is 22.6 Å². The molecule has 2 fully saturated rings. The minimum atomic E-state index is -0.833. The number of nitrogens with zero attached hydrogens (tertiary/aromatic N) is 3. The van der Waals surface area contributed by atoms with Crippen molar-refractivity contribution in [3.63, 3.8) is 0 Å². The van der Waals surface area contributed by atoms with Crippen molar-refractivity contribution in [2.75, 3.05) is 36.0 Å². The first-order valence-electron chi connectivity index (χ1n) is 15.1. The number of aliphatic hydroxyl groups excluding tert-OH is 1. The highest BCUT2D eigenvalue weighted by Crippen LogP contribution is 2.61. The molecule has 4 aliphatic rings. The van der Waals surface area contributed by atoms with Crippen LogP contribution in [0.15, 0.2) is 72.8 Å². The summed E-state index contributed by atoms with van der Waals surface area (Å²) in [7, 11) is 0. The second-order valence-corrected chi connectivity index (χ2v) is 13.4. The van der Waals surface area contributed by atoms with Crippen molar-refractivity contribution in [2.24, 2.45) is 11.8 Å². The number of hydrogen-bond donors (Lipinski definition) is 1. The molecule has 6 rings (SSSR count). The van der Waals surface area contributed by atoms with E-state index in [9.17, 15) is 19.5 Å². The smallest absolute Gasteiger partial charge is 0.251 e. The molecule has 1 N–H and O–H groups in total. The minimum Gasteiger partial charge on any atom is -0.396 e. The second-order valence-electron chi connectivity index (χ2n) is 11.9. The molecule has 2 saturated heterocycles. The van der Waals surface area contributed by atoms with Gasteiger partial charge < -0.3 is 19.8 Å². The van der Waals surface area contributed by atoms with Crippen LogP contribution in [0.2, 0.25) is 0 Å². The van der Waals surface area contributed by atoms with Crippen LogP contribution in [0.1, 0.15) is 36.8 Å². The first-order valence-corrected chi connectivity index (χ1v) is 15.9. The number of unbranched alkanes of at least 4 members (excludes halogenated alkanes) is 3. The first-order chi connectivity index (χ1) is 20.4. The van der Waals surface area contributed by atoms with E-state index in [0.717, 1.165) is 48.2 Å². The van der Waals surface area contributed by atoms with Crippen LogP contribution in [-0.4, -0.2) is 70.0 Å². The lowest BCUT2D eigenvalue weighted by atomic mass is 9.78. The average Bonchev–Trinajstić information content (AvgIpc) is 3.29. The zero-order valence-electron chi connectivity index (χ0n) is 24.3. The van der Waals surface area contributed by atoms with E-state index >= 15 is 0 Å². The number of para-hydroxylation sites is 1. The van der Waals surface area contributed by atoms with Gasteiger partial charge in [-0.2, -0.15) is 0 Å². The molecule has 2 aromatic carbocycles. The van der Waals surface area contributed by atoms with E-state index in [2.05, 4.69) is 12.2 Å². The van der Waals surface area contributed by atoms with Crippen LogP contribution in [0.4, 0.5) is 11.4 Å². The van der Waals surface area contributed by atoms with Gasteiger partial charge >= 0.3 is 0 Å². The predicted octanol–water partition coefficient (Wildman–Crippen LogP) is 4.66. The number of aryl methyl sites for hydroxylation is 2. The number of rotatable bonds is 8. The third-order valence-electron chi connectivity index (χ3n) is 9.19. The van der Waals surface area contributed by atoms with Gasteiger partial charge in [-0.3, -0.25) is 14.4 Å². The largest absolute Gasteiger partial charge is 0.396 e. The lowest BCUT2D eigenvalue weighted by Gasteiger charge is -2.35. The molecule has 0 aliphatic carbocycles. The van der Waals surface area contributed by atoms with Crippen LogP contribution < -0.4 is 9.80 Å². The van der Waals surface area contributed by atoms with Crippen molar-refractivity contribution in [2.45, 2.75) is 55.6 Å². The topological polar surface area (TPSA) is 81.2 Å². The Morgan fingerprint density at radius 2 is 1.64 bits per heavy atom. The van der Waals surface area contributed by atoms with Crippen LogP contribution in [-0.2, 0) is 14.4 Å². The molecule has 7 nitrogen and oxygen atoms in total. The van der Waals surface area contributed by atoms with E-state index in [-0.39, 0.29) is 29.6 Å². The lowest BCUT2D eigenvalue weighted by molar-refractivity contribution is -0.138. The van der Waals surface area contributed by atoms with Crippen molar-refractivity contribution in [1.29, 1.82) is 0 Å². The zero-order chi connectivity index (χ0) is 29.4. The number of carbonyl (C=O) groups excluding carboxylic acids is 3. The van der Waals surface area contributed by atoms with Gasteiger partial charge in [0, 0.05) is 42.9 Å². The summed E-state index contributed by atoms with van der Waals surface area (Å²) in [6, 6.07) is 15.1. The monoisotopic (exact) mass is 585 g/mol. The Kier molecular flexibility index (Phi) is 8.03. The van der Waals surface area contributed by atoms with Crippen LogP contribution in [0.25, 0.3) is 0 Å². The number of fused-ring (bicyclic) bond motifs is 2. The molecule has 0 radical (unpaired) electrons. The Morgan fingerprint density at radius 1 is 0.881 bits per heavy atom. The number of benzene rings is 2. The summed E-state index contributed by atoms with van der Waals surface area (Å²) in [5.74, 6) is -1.43. The highest BCUT2D eigenvalue weighted by Gasteiger charge is 2.71. The fourth-order valence-corrected chi connectivity index (χ4v) is 9.20. The summed E-state index contributed by atoms with van der Waals surface area (Å²) < 4.78 is -0.833. The minimum absolute atomic E-state index is 0.0565. The molecule has 2 aromatic rings. The molecular formula is C34H39N3O4S. The van der Waals surface area contributed by atoms with Gasteiger partial charge in [-0.15, -0.1) is 11.8 Å². The van der Waals surface area contributed by atoms with E-state index in [1.165, 1.54) is 0 Å². The van der Waals surface area contributed by atoms with Crippen molar-refractivity contribution in [3.8, 4) is 0 Å². The summed E-state index contributed by atoms with van der Waals surface area (Å²) >= 11 is 1.62. The van der Waals surface area contributed by atoms with Crippen molar-refractivity contribution in [3.05, 3.63) is 84.0 Å². The summed E-state index contributed by atoms with van der Waals surface area (Å²) in [6.45, 7) is 5.51. The third kappa shape index (κ3) is 4.78. The number of anilines is 2. The lowest BCUT2D eigenvalue weighted by Crippen LogP contribution is -2.53. The summed E-state index contributed by atoms with van der Waals surface area (Å²) in [5, 5.41) is 9.03. The fraction of sp³-hybridized carbons (Fsp3) is 0.441. The predicted molar refractivity (Wildman–Crippen MR) is 167 cm³/mol. The Labute approximate surface area is 252 Å². The van der Waals surface area contributed by atoms with Gasteiger partial charge in [0.2, 0.25) is 11.8 Å². The summed E-state index contributed by atoms with van der Waals surface area (Å²) in [4.78, 5) is 48.9. The normalized spacial score (nSPS) is 28.5. The highest BCUT2D eigenvalue weighted by molar-refractivity contribution is 8.02. The molecule has 42 heavy (non-hydrogen) atoms. The molecule has 0 aromatic heterocycles. The van der Waals surface area contributed by atoms with Crippen LogP contribution in [0, 0.1) is 25.7 Å². The number of aliphatic hydroxyl groups is 1. The quantitative estimate of drug-likeness (QED) is 0.360. The summed E-state index contributed by atoms with van der Waals surface area (Å²) in [6.07, 6.45) is 11.4. The number of amides is 3. The van der Waals surface area contributed by atoms with Gasteiger partial charge in [0.15, 0.2) is 0 Å². The molecule has 220 valence electrons. The maximum absolute atomic E-state index is 14.7. The number of carbonyl (C=O) groups is 3. The molecule has 1 spiro atoms. The maximum Gasteiger partial charge on any atom is 0.251 e. The second kappa shape index (κ2) is 11.7. The Hall–Kier alpha value is -3.36. The van der Waals surface area contributed by atoms with Crippen molar-refractivity contribution < 1.29 is 19.5 Å². The van der Waals surface area contributed by atoms with Gasteiger partial charge in [0.25, 0.3) is 5.91 Å². The fourth-order valence-electron chi connectivity index (χ4n) is 7.19. The molecular weight excluding hydrogens is 546 g/mol. The van der Waals surface area contributed by atoms with Gasteiger partial charge in [-0.25, -0.2) is 0 Å². The van der Waals surface area contributed by atoms with Crippen molar-refractivity contribution >= 4 is 40.9 Å². The van der Waals surface area contributed by atoms with Crippen LogP contribution >= 0.6 is 11.8 Å². The Balaban J connectivity index is 1.40. The number of hydrogen-bond acceptors (Lipinski definition) is 5. The molecule has 0 bridgehead atoms. The molecule has 8 heteroatoms. The van der Waals surface area contributed by atoms with Crippen LogP contribution in [0.3, 0.4) is 0 Å². The van der Waals surface area contributed by atoms with Gasteiger partial charge in [-0.1, -0.05) is 67.5 Å². The molecule has 1 unspecified atom stereocenters. The molecule has 5 atom stereocenters. The van der Waals surface area contributed by atoms with Gasteiger partial charge in [0.05, 0.1) is 16.6 Å². The van der Waals surface area contributed by atoms with Crippen molar-refractivity contribution in [1.82, 2.24) is 4.90 Å². The average molecular weight is 586 g/mol.